The summed E-state index contributed by atoms with van der Waals surface area (Å²) in [5.41, 5.74) is -0.0980. The summed E-state index contributed by atoms with van der Waals surface area (Å²) < 4.78 is 17.9. The lowest BCUT2D eigenvalue weighted by Crippen LogP contribution is -2.43. The Balaban J connectivity index is 1.38. The predicted molar refractivity (Wildman–Crippen MR) is 187 cm³/mol. The number of hydrogen-bond donors (Lipinski definition) is 3. The van der Waals surface area contributed by atoms with Crippen LogP contribution in [0.2, 0.25) is 0 Å². The number of carbonyl (C=O) groups is 4. The predicted octanol–water partition coefficient (Wildman–Crippen LogP) is 4.06. The van der Waals surface area contributed by atoms with Gasteiger partial charge in [-0.1, -0.05) is 58.4 Å². The number of methoxy groups -OCH3 is 1. The topological polar surface area (TPSA) is 195 Å². The Bertz CT molecular complexity index is 1860. The second kappa shape index (κ2) is 15.9. The molecule has 16 heteroatoms. The fourth-order valence-corrected chi connectivity index (χ4v) is 5.96. The molecule has 1 aliphatic rings. The minimum Gasteiger partial charge on any atom is -0.467 e. The number of allylic oxidation sites excluding steroid dienone is 1. The number of alkyl carbamates (subject to hydrolysis) is 1. The minimum atomic E-state index is -1.46. The molecule has 0 bridgehead atoms. The number of hydrogen-bond acceptors (Lipinski definition) is 12. The van der Waals surface area contributed by atoms with E-state index < -0.39 is 60.1 Å². The first kappa shape index (κ1) is 37.2. The molecule has 4 aromatic rings. The van der Waals surface area contributed by atoms with Gasteiger partial charge in [0, 0.05) is 15.6 Å². The third-order valence-electron chi connectivity index (χ3n) is 7.75. The fraction of sp³-hybridized carbons (Fsp3) is 0.343. The summed E-state index contributed by atoms with van der Waals surface area (Å²) in [4.78, 5) is 66.2. The number of imide groups is 1. The standard InChI is InChI=1S/C35H37BrN6O9/c1-35(2,3)51-34(48)40-23(33(47)49-4)17-11-16-22(36)27-25(43)26(44)32(50-27)41-19-39-24-28(41)37-18-38-29(24)42(30(45)20-12-7-5-8-13-20)31(46)21-14-9-6-10-15-21/h5-10,12-16,18-19,23,25-27,32,43-44H,11,17H2,1-4H3,(H,40,48)/b22-16-/t23?,25-,26+,27+,32+/m0/s1. The van der Waals surface area contributed by atoms with Gasteiger partial charge >= 0.3 is 12.1 Å². The second-order valence-electron chi connectivity index (χ2n) is 12.5. The monoisotopic (exact) mass is 764 g/mol. The lowest BCUT2D eigenvalue weighted by molar-refractivity contribution is -0.143. The molecule has 3 amide bonds. The van der Waals surface area contributed by atoms with Gasteiger partial charge in [0.2, 0.25) is 0 Å². The van der Waals surface area contributed by atoms with Crippen LogP contribution in [0.5, 0.6) is 0 Å². The van der Waals surface area contributed by atoms with Crippen LogP contribution in [0.3, 0.4) is 0 Å². The van der Waals surface area contributed by atoms with E-state index in [2.05, 4.69) is 36.2 Å². The number of ether oxygens (including phenoxy) is 3. The maximum Gasteiger partial charge on any atom is 0.408 e. The van der Waals surface area contributed by atoms with Gasteiger partial charge in [-0.25, -0.2) is 29.4 Å². The van der Waals surface area contributed by atoms with Crippen molar-refractivity contribution in [3.63, 3.8) is 0 Å². The van der Waals surface area contributed by atoms with Crippen LogP contribution < -0.4 is 10.2 Å². The molecular formula is C35H37BrN6O9. The van der Waals surface area contributed by atoms with Gasteiger partial charge < -0.3 is 29.7 Å². The molecule has 1 saturated heterocycles. The average Bonchev–Trinajstić information content (AvgIpc) is 3.67. The maximum atomic E-state index is 13.8. The number of rotatable bonds is 10. The molecule has 1 aliphatic heterocycles. The number of aliphatic hydroxyl groups excluding tert-OH is 2. The second-order valence-corrected chi connectivity index (χ2v) is 13.4. The zero-order valence-corrected chi connectivity index (χ0v) is 29.8. The Morgan fingerprint density at radius 1 is 0.980 bits per heavy atom. The zero-order chi connectivity index (χ0) is 36.9. The van der Waals surface area contributed by atoms with Crippen molar-refractivity contribution in [2.45, 2.75) is 69.8 Å². The van der Waals surface area contributed by atoms with E-state index in [9.17, 15) is 29.4 Å². The summed E-state index contributed by atoms with van der Waals surface area (Å²) in [5.74, 6) is -2.04. The van der Waals surface area contributed by atoms with E-state index in [4.69, 9.17) is 14.2 Å². The van der Waals surface area contributed by atoms with Crippen molar-refractivity contribution in [3.05, 3.63) is 95.0 Å². The lowest BCUT2D eigenvalue weighted by Gasteiger charge is -2.22. The Labute approximate surface area is 301 Å². The molecule has 2 aromatic heterocycles. The van der Waals surface area contributed by atoms with E-state index in [1.54, 1.807) is 87.5 Å². The quantitative estimate of drug-likeness (QED) is 0.155. The highest BCUT2D eigenvalue weighted by Crippen LogP contribution is 2.37. The highest BCUT2D eigenvalue weighted by Gasteiger charge is 2.46. The van der Waals surface area contributed by atoms with Gasteiger partial charge in [-0.2, -0.15) is 0 Å². The Morgan fingerprint density at radius 2 is 1.59 bits per heavy atom. The number of halogens is 1. The van der Waals surface area contributed by atoms with Crippen molar-refractivity contribution in [1.29, 1.82) is 0 Å². The Hall–Kier alpha value is -5.03. The largest absolute Gasteiger partial charge is 0.467 e. The molecule has 3 N–H and O–H groups in total. The summed E-state index contributed by atoms with van der Waals surface area (Å²) in [5, 5.41) is 24.6. The van der Waals surface area contributed by atoms with Crippen LogP contribution >= 0.6 is 15.9 Å². The van der Waals surface area contributed by atoms with Crippen molar-refractivity contribution >= 4 is 56.8 Å². The first-order chi connectivity index (χ1) is 24.3. The molecule has 3 heterocycles. The molecule has 0 aliphatic carbocycles. The summed E-state index contributed by atoms with van der Waals surface area (Å²) in [6.07, 6.45) is -1.42. The van der Waals surface area contributed by atoms with Crippen LogP contribution in [0.15, 0.2) is 83.9 Å². The molecule has 1 unspecified atom stereocenters. The number of anilines is 1. The normalized spacial score (nSPS) is 19.7. The van der Waals surface area contributed by atoms with Crippen LogP contribution in [0.25, 0.3) is 11.2 Å². The number of benzene rings is 2. The zero-order valence-electron chi connectivity index (χ0n) is 28.2. The third kappa shape index (κ3) is 8.48. The van der Waals surface area contributed by atoms with Gasteiger partial charge in [0.05, 0.1) is 13.4 Å². The van der Waals surface area contributed by atoms with Gasteiger partial charge in [0.1, 0.15) is 36.3 Å². The van der Waals surface area contributed by atoms with Gasteiger partial charge in [-0.15, -0.1) is 0 Å². The van der Waals surface area contributed by atoms with E-state index in [-0.39, 0.29) is 41.0 Å². The van der Waals surface area contributed by atoms with Crippen LogP contribution in [-0.4, -0.2) is 90.7 Å². The highest BCUT2D eigenvalue weighted by molar-refractivity contribution is 9.11. The van der Waals surface area contributed by atoms with Crippen molar-refractivity contribution in [2.75, 3.05) is 12.0 Å². The molecule has 5 atom stereocenters. The molecule has 51 heavy (non-hydrogen) atoms. The van der Waals surface area contributed by atoms with Crippen molar-refractivity contribution < 1.29 is 43.6 Å². The lowest BCUT2D eigenvalue weighted by atomic mass is 10.1. The summed E-state index contributed by atoms with van der Waals surface area (Å²) >= 11 is 3.42. The van der Waals surface area contributed by atoms with Gasteiger partial charge in [-0.3, -0.25) is 14.2 Å². The van der Waals surface area contributed by atoms with E-state index in [0.29, 0.717) is 4.48 Å². The van der Waals surface area contributed by atoms with Crippen LogP contribution in [0, 0.1) is 0 Å². The first-order valence-electron chi connectivity index (χ1n) is 15.9. The Kier molecular flexibility index (Phi) is 11.6. The molecule has 2 aromatic carbocycles. The average molecular weight is 766 g/mol. The Morgan fingerprint density at radius 3 is 2.16 bits per heavy atom. The van der Waals surface area contributed by atoms with E-state index in [1.807, 2.05) is 0 Å². The molecule has 0 spiro atoms. The number of esters is 1. The summed E-state index contributed by atoms with van der Waals surface area (Å²) in [6.45, 7) is 5.09. The molecule has 0 saturated carbocycles. The van der Waals surface area contributed by atoms with E-state index in [1.165, 1.54) is 18.0 Å². The number of aromatic nitrogens is 4. The van der Waals surface area contributed by atoms with E-state index >= 15 is 0 Å². The van der Waals surface area contributed by atoms with Crippen molar-refractivity contribution in [3.8, 4) is 0 Å². The first-order valence-corrected chi connectivity index (χ1v) is 16.7. The molecular weight excluding hydrogens is 728 g/mol. The molecule has 1 fully saturated rings. The van der Waals surface area contributed by atoms with Gasteiger partial charge in [0.15, 0.2) is 23.2 Å². The maximum absolute atomic E-state index is 13.8. The summed E-state index contributed by atoms with van der Waals surface area (Å²) in [7, 11) is 1.20. The van der Waals surface area contributed by atoms with Gasteiger partial charge in [-0.05, 0) is 57.9 Å². The van der Waals surface area contributed by atoms with E-state index in [0.717, 1.165) is 11.2 Å². The summed E-state index contributed by atoms with van der Waals surface area (Å²) in [6, 6.07) is 15.5. The molecule has 15 nitrogen and oxygen atoms in total. The number of carbonyl (C=O) groups excluding carboxylic acids is 4. The van der Waals surface area contributed by atoms with Crippen LogP contribution in [0.1, 0.15) is 60.6 Å². The molecule has 0 radical (unpaired) electrons. The number of nitrogens with one attached hydrogen (secondary N) is 1. The number of amides is 3. The van der Waals surface area contributed by atoms with Crippen molar-refractivity contribution in [1.82, 2.24) is 24.8 Å². The van der Waals surface area contributed by atoms with Crippen LogP contribution in [-0.2, 0) is 19.0 Å². The third-order valence-corrected chi connectivity index (χ3v) is 8.53. The minimum absolute atomic E-state index is 0.0701. The SMILES string of the molecule is COC(=O)C(CC/C=C(\Br)[C@H]1O[C@@H](n2cnc3c(N(C(=O)c4ccccc4)C(=O)c4ccccc4)ncnc32)[C@H](O)[C@@H]1O)NC(=O)OC(C)(C)C. The number of nitrogens with zero attached hydrogens (tertiary/aromatic N) is 5. The number of fused-ring (bicyclic) bond motifs is 1. The molecule has 5 rings (SSSR count). The smallest absolute Gasteiger partial charge is 0.408 e. The molecule has 268 valence electrons. The van der Waals surface area contributed by atoms with Gasteiger partial charge in [0.25, 0.3) is 11.8 Å². The number of aliphatic hydroxyl groups is 2. The highest BCUT2D eigenvalue weighted by atomic mass is 79.9. The van der Waals surface area contributed by atoms with Crippen molar-refractivity contribution in [2.24, 2.45) is 0 Å². The van der Waals surface area contributed by atoms with Crippen LogP contribution in [0.4, 0.5) is 10.6 Å². The fourth-order valence-electron chi connectivity index (χ4n) is 5.36. The number of imidazole rings is 1.